The average Bonchev–Trinajstić information content (AvgIpc) is 2.45. The van der Waals surface area contributed by atoms with Gasteiger partial charge in [0.25, 0.3) is 0 Å². The first-order valence-corrected chi connectivity index (χ1v) is 7.14. The Morgan fingerprint density at radius 3 is 3.05 bits per heavy atom. The van der Waals surface area contributed by atoms with Gasteiger partial charge in [0.15, 0.2) is 0 Å². The summed E-state index contributed by atoms with van der Waals surface area (Å²) in [6.45, 7) is 1.93. The second-order valence-electron chi connectivity index (χ2n) is 5.76. The Balaban J connectivity index is 2.06. The minimum atomic E-state index is -0.844. The van der Waals surface area contributed by atoms with Gasteiger partial charge in [-0.05, 0) is 31.2 Å². The monoisotopic (exact) mass is 268 g/mol. The van der Waals surface area contributed by atoms with Crippen LogP contribution in [0.2, 0.25) is 0 Å². The van der Waals surface area contributed by atoms with Crippen molar-refractivity contribution in [1.29, 1.82) is 0 Å². The van der Waals surface area contributed by atoms with Gasteiger partial charge in [-0.15, -0.1) is 0 Å². The van der Waals surface area contributed by atoms with Crippen LogP contribution in [0.4, 0.5) is 5.69 Å². The highest BCUT2D eigenvalue weighted by Crippen LogP contribution is 2.39. The van der Waals surface area contributed by atoms with E-state index in [4.69, 9.17) is 4.98 Å². The molecule has 4 rings (SSSR count). The van der Waals surface area contributed by atoms with Gasteiger partial charge in [0.05, 0.1) is 22.5 Å². The second-order valence-corrected chi connectivity index (χ2v) is 5.76. The van der Waals surface area contributed by atoms with Crippen molar-refractivity contribution in [2.45, 2.75) is 19.3 Å². The number of hydrogen-bond donors (Lipinski definition) is 1. The molecule has 1 saturated heterocycles. The summed E-state index contributed by atoms with van der Waals surface area (Å²) in [4.78, 5) is 18.8. The highest BCUT2D eigenvalue weighted by molar-refractivity contribution is 6.08. The van der Waals surface area contributed by atoms with Crippen molar-refractivity contribution in [2.75, 3.05) is 18.0 Å². The van der Waals surface area contributed by atoms with Gasteiger partial charge in [0, 0.05) is 18.5 Å². The van der Waals surface area contributed by atoms with Gasteiger partial charge >= 0.3 is 5.97 Å². The van der Waals surface area contributed by atoms with Gasteiger partial charge in [0.1, 0.15) is 0 Å². The first-order valence-electron chi connectivity index (χ1n) is 7.14. The number of aromatic nitrogens is 1. The van der Waals surface area contributed by atoms with Crippen LogP contribution in [0.5, 0.6) is 0 Å². The van der Waals surface area contributed by atoms with Crippen LogP contribution in [0.15, 0.2) is 24.3 Å². The lowest BCUT2D eigenvalue weighted by Crippen LogP contribution is -2.41. The lowest BCUT2D eigenvalue weighted by molar-refractivity contribution is 0.0699. The van der Waals surface area contributed by atoms with E-state index in [0.29, 0.717) is 11.5 Å². The molecule has 1 atom stereocenters. The molecule has 0 aliphatic carbocycles. The van der Waals surface area contributed by atoms with E-state index in [-0.39, 0.29) is 0 Å². The van der Waals surface area contributed by atoms with E-state index in [1.54, 1.807) is 0 Å². The summed E-state index contributed by atoms with van der Waals surface area (Å²) in [6.07, 6.45) is 3.29. The highest BCUT2D eigenvalue weighted by atomic mass is 16.4. The van der Waals surface area contributed by atoms with Gasteiger partial charge in [-0.1, -0.05) is 18.2 Å². The Morgan fingerprint density at radius 2 is 2.20 bits per heavy atom. The fourth-order valence-electron chi connectivity index (χ4n) is 3.66. The molecule has 0 spiro atoms. The molecule has 1 fully saturated rings. The van der Waals surface area contributed by atoms with Crippen LogP contribution in [0.1, 0.15) is 28.9 Å². The second kappa shape index (κ2) is 4.20. The third kappa shape index (κ3) is 1.60. The van der Waals surface area contributed by atoms with E-state index in [1.807, 2.05) is 24.3 Å². The van der Waals surface area contributed by atoms with E-state index >= 15 is 0 Å². The lowest BCUT2D eigenvalue weighted by Gasteiger charge is -2.40. The van der Waals surface area contributed by atoms with E-state index in [1.165, 1.54) is 6.42 Å². The number of carboxylic acid groups (broad SMARTS) is 1. The lowest BCUT2D eigenvalue weighted by atomic mass is 9.86. The molecule has 2 aromatic rings. The molecule has 2 bridgehead atoms. The third-order valence-corrected chi connectivity index (χ3v) is 4.47. The molecule has 1 aromatic carbocycles. The number of hydrogen-bond acceptors (Lipinski definition) is 3. The minimum Gasteiger partial charge on any atom is -0.478 e. The van der Waals surface area contributed by atoms with Crippen LogP contribution in [0, 0.1) is 5.92 Å². The van der Waals surface area contributed by atoms with Crippen LogP contribution in [0.3, 0.4) is 0 Å². The normalized spacial score (nSPS) is 20.8. The molecule has 20 heavy (non-hydrogen) atoms. The molecule has 0 saturated carbocycles. The minimum absolute atomic E-state index is 0.436. The molecule has 102 valence electrons. The zero-order chi connectivity index (χ0) is 13.7. The first-order chi connectivity index (χ1) is 9.74. The third-order valence-electron chi connectivity index (χ3n) is 4.47. The van der Waals surface area contributed by atoms with E-state index < -0.39 is 5.97 Å². The number of carbonyl (C=O) groups is 1. The zero-order valence-corrected chi connectivity index (χ0v) is 11.2. The molecule has 2 aliphatic rings. The Kier molecular flexibility index (Phi) is 2.46. The fraction of sp³-hybridized carbons (Fsp3) is 0.375. The number of anilines is 1. The molecule has 1 unspecified atom stereocenters. The predicted molar refractivity (Wildman–Crippen MR) is 77.3 cm³/mol. The smallest absolute Gasteiger partial charge is 0.338 e. The number of benzene rings is 1. The van der Waals surface area contributed by atoms with Crippen LogP contribution < -0.4 is 4.90 Å². The Bertz CT molecular complexity index is 711. The summed E-state index contributed by atoms with van der Waals surface area (Å²) in [5, 5.41) is 10.4. The number of fused-ring (bicyclic) bond motifs is 5. The molecule has 3 heterocycles. The van der Waals surface area contributed by atoms with Crippen molar-refractivity contribution in [3.05, 3.63) is 35.5 Å². The molecule has 2 aliphatic heterocycles. The molecular formula is C16H16N2O2. The van der Waals surface area contributed by atoms with Crippen LogP contribution in [-0.2, 0) is 6.42 Å². The quantitative estimate of drug-likeness (QED) is 0.864. The molecule has 4 heteroatoms. The average molecular weight is 268 g/mol. The molecule has 1 N–H and O–H groups in total. The van der Waals surface area contributed by atoms with Crippen molar-refractivity contribution in [2.24, 2.45) is 5.92 Å². The summed E-state index contributed by atoms with van der Waals surface area (Å²) in [7, 11) is 0. The molecule has 4 nitrogen and oxygen atoms in total. The highest BCUT2D eigenvalue weighted by Gasteiger charge is 2.33. The maximum Gasteiger partial charge on any atom is 0.338 e. The molecule has 1 aromatic heterocycles. The van der Waals surface area contributed by atoms with Gasteiger partial charge < -0.3 is 10.0 Å². The number of carboxylic acids is 1. The van der Waals surface area contributed by atoms with Crippen molar-refractivity contribution < 1.29 is 9.90 Å². The summed E-state index contributed by atoms with van der Waals surface area (Å²) in [6, 6.07) is 7.56. The Hall–Kier alpha value is -2.10. The van der Waals surface area contributed by atoms with E-state index in [9.17, 15) is 9.90 Å². The van der Waals surface area contributed by atoms with Gasteiger partial charge in [0.2, 0.25) is 0 Å². The summed E-state index contributed by atoms with van der Waals surface area (Å²) in [5.74, 6) is -0.213. The van der Waals surface area contributed by atoms with Crippen molar-refractivity contribution in [3.8, 4) is 0 Å². The van der Waals surface area contributed by atoms with Crippen molar-refractivity contribution in [1.82, 2.24) is 4.98 Å². The maximum atomic E-state index is 11.8. The molecule has 0 amide bonds. The summed E-state index contributed by atoms with van der Waals surface area (Å²) in [5.41, 5.74) is 3.07. The number of rotatable bonds is 1. The van der Waals surface area contributed by atoms with Gasteiger partial charge in [-0.3, -0.25) is 4.98 Å². The van der Waals surface area contributed by atoms with E-state index in [0.717, 1.165) is 48.2 Å². The Morgan fingerprint density at radius 1 is 1.35 bits per heavy atom. The zero-order valence-electron chi connectivity index (χ0n) is 11.2. The molecular weight excluding hydrogens is 252 g/mol. The summed E-state index contributed by atoms with van der Waals surface area (Å²) >= 11 is 0. The van der Waals surface area contributed by atoms with Gasteiger partial charge in [-0.25, -0.2) is 4.79 Å². The fourth-order valence-corrected chi connectivity index (χ4v) is 3.66. The number of aromatic carboxylic acids is 1. The first kappa shape index (κ1) is 11.7. The number of piperidine rings is 1. The Labute approximate surface area is 117 Å². The van der Waals surface area contributed by atoms with Crippen LogP contribution in [-0.4, -0.2) is 29.1 Å². The number of nitrogens with zero attached hydrogens (tertiary/aromatic N) is 2. The predicted octanol–water partition coefficient (Wildman–Crippen LogP) is 2.71. The molecule has 0 radical (unpaired) electrons. The van der Waals surface area contributed by atoms with E-state index in [2.05, 4.69) is 4.90 Å². The standard InChI is InChI=1S/C16H16N2O2/c19-16(20)14-11-5-1-2-6-12(11)17-13-8-10-4-3-7-18(9-10)15(13)14/h1-2,5-6,10H,3-4,7-9H2,(H,19,20). The van der Waals surface area contributed by atoms with Crippen LogP contribution >= 0.6 is 0 Å². The van der Waals surface area contributed by atoms with Gasteiger partial charge in [-0.2, -0.15) is 0 Å². The van der Waals surface area contributed by atoms with Crippen molar-refractivity contribution in [3.63, 3.8) is 0 Å². The van der Waals surface area contributed by atoms with Crippen molar-refractivity contribution >= 4 is 22.6 Å². The maximum absolute atomic E-state index is 11.8. The van der Waals surface area contributed by atoms with Crippen LogP contribution in [0.25, 0.3) is 10.9 Å². The largest absolute Gasteiger partial charge is 0.478 e. The SMILES string of the molecule is O=C(O)c1c2c(nc3ccccc13)CC1CCCN2C1. The topological polar surface area (TPSA) is 53.4 Å². The number of pyridine rings is 1. The summed E-state index contributed by atoms with van der Waals surface area (Å²) < 4.78 is 0. The number of para-hydroxylation sites is 1.